The van der Waals surface area contributed by atoms with Gasteiger partial charge in [0, 0.05) is 69.5 Å². The Kier molecular flexibility index (Phi) is 8.58. The maximum Gasteiger partial charge on any atom is 0.139 e. The van der Waals surface area contributed by atoms with Crippen LogP contribution in [0.5, 0.6) is 0 Å². The Balaban J connectivity index is 2.47. The number of rotatable bonds is 7. The highest BCUT2D eigenvalue weighted by atomic mass is 15.2. The van der Waals surface area contributed by atoms with Crippen molar-refractivity contribution in [3.05, 3.63) is 58.7 Å². The van der Waals surface area contributed by atoms with E-state index in [1.807, 2.05) is 12.4 Å². The molecule has 0 amide bonds. The lowest BCUT2D eigenvalue weighted by molar-refractivity contribution is 0.299. The van der Waals surface area contributed by atoms with Crippen molar-refractivity contribution >= 4 is 5.84 Å². The first kappa shape index (κ1) is 22.0. The van der Waals surface area contributed by atoms with Gasteiger partial charge in [-0.15, -0.1) is 0 Å². The zero-order chi connectivity index (χ0) is 20.5. The van der Waals surface area contributed by atoms with Crippen molar-refractivity contribution in [2.75, 3.05) is 40.3 Å². The van der Waals surface area contributed by atoms with Crippen molar-refractivity contribution in [3.8, 4) is 0 Å². The van der Waals surface area contributed by atoms with Crippen molar-refractivity contribution in [3.63, 3.8) is 0 Å². The minimum Gasteiger partial charge on any atom is -0.383 e. The monoisotopic (exact) mass is 383 g/mol. The van der Waals surface area contributed by atoms with E-state index in [4.69, 9.17) is 4.99 Å². The van der Waals surface area contributed by atoms with Crippen LogP contribution in [0, 0.1) is 0 Å². The molecule has 1 fully saturated rings. The number of hydrogen-bond acceptors (Lipinski definition) is 5. The van der Waals surface area contributed by atoms with Crippen molar-refractivity contribution in [2.24, 2.45) is 4.99 Å². The summed E-state index contributed by atoms with van der Waals surface area (Å²) >= 11 is 0. The lowest BCUT2D eigenvalue weighted by atomic mass is 9.95. The van der Waals surface area contributed by atoms with Gasteiger partial charge in [-0.3, -0.25) is 0 Å². The predicted octanol–water partition coefficient (Wildman–Crippen LogP) is 3.78. The fourth-order valence-electron chi connectivity index (χ4n) is 3.32. The van der Waals surface area contributed by atoms with Crippen molar-refractivity contribution in [1.82, 2.24) is 20.4 Å². The molecule has 1 saturated heterocycles. The Morgan fingerprint density at radius 1 is 1.25 bits per heavy atom. The summed E-state index contributed by atoms with van der Waals surface area (Å²) in [6.07, 6.45) is 12.7. The molecule has 0 aliphatic carbocycles. The zero-order valence-electron chi connectivity index (χ0n) is 18.5. The molecule has 0 aromatic carbocycles. The van der Waals surface area contributed by atoms with E-state index in [-0.39, 0.29) is 0 Å². The molecule has 0 saturated carbocycles. The first-order chi connectivity index (χ1) is 13.5. The minimum absolute atomic E-state index is 0.933. The molecule has 2 N–H and O–H groups in total. The predicted molar refractivity (Wildman–Crippen MR) is 121 cm³/mol. The molecule has 5 nitrogen and oxygen atoms in total. The van der Waals surface area contributed by atoms with Crippen molar-refractivity contribution < 1.29 is 0 Å². The molecule has 0 aromatic rings. The second-order valence-electron chi connectivity index (χ2n) is 7.57. The fraction of sp³-hybridized carbons (Fsp3) is 0.522. The molecular weight excluding hydrogens is 346 g/mol. The number of piperazine rings is 1. The molecule has 2 aliphatic heterocycles. The summed E-state index contributed by atoms with van der Waals surface area (Å²) < 4.78 is 0. The van der Waals surface area contributed by atoms with Gasteiger partial charge in [-0.1, -0.05) is 31.6 Å². The lowest BCUT2D eigenvalue weighted by Crippen LogP contribution is -2.43. The van der Waals surface area contributed by atoms with E-state index in [0.717, 1.165) is 44.9 Å². The molecule has 5 heteroatoms. The highest BCUT2D eigenvalue weighted by molar-refractivity contribution is 6.07. The van der Waals surface area contributed by atoms with Gasteiger partial charge in [0.2, 0.25) is 0 Å². The Labute approximate surface area is 171 Å². The fourth-order valence-corrected chi connectivity index (χ4v) is 3.32. The van der Waals surface area contributed by atoms with E-state index < -0.39 is 0 Å². The van der Waals surface area contributed by atoms with E-state index in [0.29, 0.717) is 0 Å². The van der Waals surface area contributed by atoms with Crippen molar-refractivity contribution in [1.29, 1.82) is 0 Å². The standard InChI is InChI=1S/C23H37N5/c1-7-9-10-25-23-22(19(4)28-13-11-24-12-14-28)21(16-26-23)20(17-27(5)6)15-18(3)8-2/h9-10,15-17,24H,7-8,11-14H2,1-6H3,(H,25,26)/b10-9+,18-15?,20-17+,22-19+. The van der Waals surface area contributed by atoms with Gasteiger partial charge in [0.15, 0.2) is 0 Å². The van der Waals surface area contributed by atoms with E-state index in [1.54, 1.807) is 0 Å². The quantitative estimate of drug-likeness (QED) is 0.657. The molecule has 2 rings (SSSR count). The maximum absolute atomic E-state index is 4.75. The van der Waals surface area contributed by atoms with E-state index in [9.17, 15) is 0 Å². The van der Waals surface area contributed by atoms with Gasteiger partial charge < -0.3 is 20.4 Å². The largest absolute Gasteiger partial charge is 0.383 e. The topological polar surface area (TPSA) is 42.9 Å². The normalized spacial score (nSPS) is 20.4. The Bertz CT molecular complexity index is 713. The highest BCUT2D eigenvalue weighted by Crippen LogP contribution is 2.31. The van der Waals surface area contributed by atoms with Crippen LogP contribution in [0.2, 0.25) is 0 Å². The van der Waals surface area contributed by atoms with Crippen LogP contribution >= 0.6 is 0 Å². The summed E-state index contributed by atoms with van der Waals surface area (Å²) in [5, 5.41) is 6.86. The highest BCUT2D eigenvalue weighted by Gasteiger charge is 2.25. The van der Waals surface area contributed by atoms with Gasteiger partial charge in [-0.2, -0.15) is 0 Å². The molecule has 28 heavy (non-hydrogen) atoms. The second kappa shape index (κ2) is 10.9. The first-order valence-electron chi connectivity index (χ1n) is 10.4. The summed E-state index contributed by atoms with van der Waals surface area (Å²) in [7, 11) is 4.14. The van der Waals surface area contributed by atoms with Crippen molar-refractivity contribution in [2.45, 2.75) is 40.5 Å². The van der Waals surface area contributed by atoms with Crippen LogP contribution in [0.1, 0.15) is 40.5 Å². The Morgan fingerprint density at radius 2 is 1.96 bits per heavy atom. The van der Waals surface area contributed by atoms with Gasteiger partial charge in [0.05, 0.1) is 0 Å². The number of amidine groups is 1. The first-order valence-corrected chi connectivity index (χ1v) is 10.4. The van der Waals surface area contributed by atoms with E-state index in [2.05, 4.69) is 80.6 Å². The van der Waals surface area contributed by atoms with Crippen LogP contribution in [0.25, 0.3) is 0 Å². The van der Waals surface area contributed by atoms with Gasteiger partial charge in [0.1, 0.15) is 5.84 Å². The second-order valence-corrected chi connectivity index (χ2v) is 7.57. The zero-order valence-corrected chi connectivity index (χ0v) is 18.5. The molecule has 0 unspecified atom stereocenters. The Hall–Kier alpha value is -2.27. The van der Waals surface area contributed by atoms with Gasteiger partial charge >= 0.3 is 0 Å². The number of aliphatic imine (C=N–C) groups is 1. The van der Waals surface area contributed by atoms with Crippen LogP contribution in [0.3, 0.4) is 0 Å². The van der Waals surface area contributed by atoms with Crippen LogP contribution in [0.4, 0.5) is 0 Å². The third kappa shape index (κ3) is 5.86. The molecule has 2 aliphatic rings. The Morgan fingerprint density at radius 3 is 2.57 bits per heavy atom. The third-order valence-electron chi connectivity index (χ3n) is 5.02. The summed E-state index contributed by atoms with van der Waals surface area (Å²) in [6.45, 7) is 12.8. The van der Waals surface area contributed by atoms with E-state index >= 15 is 0 Å². The number of nitrogens with one attached hydrogen (secondary N) is 2. The summed E-state index contributed by atoms with van der Waals surface area (Å²) in [5.41, 5.74) is 6.24. The minimum atomic E-state index is 0.933. The molecule has 0 aromatic heterocycles. The molecule has 0 bridgehead atoms. The SMILES string of the molecule is CC/C=C/NC1=NC=C(/C(C=C(C)CC)=C/N(C)C)/C1=C(/C)N1CCNCC1. The molecule has 0 radical (unpaired) electrons. The molecule has 154 valence electrons. The number of allylic oxidation sites excluding steroid dienone is 5. The van der Waals surface area contributed by atoms with E-state index in [1.165, 1.54) is 28.0 Å². The summed E-state index contributed by atoms with van der Waals surface area (Å²) in [6, 6.07) is 0. The number of hydrogen-bond donors (Lipinski definition) is 2. The average molecular weight is 384 g/mol. The van der Waals surface area contributed by atoms with Crippen LogP contribution in [-0.4, -0.2) is 55.9 Å². The average Bonchev–Trinajstić information content (AvgIpc) is 3.11. The van der Waals surface area contributed by atoms with Crippen LogP contribution in [0.15, 0.2) is 63.7 Å². The van der Waals surface area contributed by atoms with Crippen LogP contribution < -0.4 is 10.6 Å². The summed E-state index contributed by atoms with van der Waals surface area (Å²) in [4.78, 5) is 9.33. The lowest BCUT2D eigenvalue weighted by Gasteiger charge is -2.32. The van der Waals surface area contributed by atoms with Gasteiger partial charge in [0.25, 0.3) is 0 Å². The molecule has 0 spiro atoms. The maximum atomic E-state index is 4.75. The van der Waals surface area contributed by atoms with Gasteiger partial charge in [-0.25, -0.2) is 4.99 Å². The third-order valence-corrected chi connectivity index (χ3v) is 5.02. The van der Waals surface area contributed by atoms with Crippen LogP contribution in [-0.2, 0) is 0 Å². The summed E-state index contributed by atoms with van der Waals surface area (Å²) in [5.74, 6) is 0.933. The number of nitrogens with zero attached hydrogens (tertiary/aromatic N) is 3. The molecule has 2 heterocycles. The molecule has 0 atom stereocenters. The van der Waals surface area contributed by atoms with Gasteiger partial charge in [-0.05, 0) is 38.5 Å². The smallest absolute Gasteiger partial charge is 0.139 e. The molecular formula is C23H37N5.